The topological polar surface area (TPSA) is 83.5 Å². The second-order valence-corrected chi connectivity index (χ2v) is 8.48. The molecule has 2 aromatic rings. The van der Waals surface area contributed by atoms with Gasteiger partial charge in [0.2, 0.25) is 0 Å². The Balaban J connectivity index is 1.23. The molecule has 3 rings (SSSR count). The van der Waals surface area contributed by atoms with E-state index < -0.39 is 5.97 Å². The molecule has 0 N–H and O–H groups in total. The number of hydrogen-bond donors (Lipinski definition) is 0. The van der Waals surface area contributed by atoms with Gasteiger partial charge in [0.15, 0.2) is 0 Å². The summed E-state index contributed by atoms with van der Waals surface area (Å²) in [6.45, 7) is 8.34. The summed E-state index contributed by atoms with van der Waals surface area (Å²) >= 11 is 0. The second kappa shape index (κ2) is 14.4. The Bertz CT molecular complexity index is 977. The lowest BCUT2D eigenvalue weighted by molar-refractivity contribution is -0.140. The molecule has 0 saturated carbocycles. The Morgan fingerprint density at radius 3 is 1.83 bits per heavy atom. The van der Waals surface area contributed by atoms with Crippen LogP contribution < -0.4 is 0 Å². The molecule has 0 bridgehead atoms. The smallest absolute Gasteiger partial charge is 0.409 e. The first kappa shape index (κ1) is 27.4. The molecule has 0 aromatic heterocycles. The van der Waals surface area contributed by atoms with Crippen LogP contribution in [0.25, 0.3) is 11.1 Å². The summed E-state index contributed by atoms with van der Waals surface area (Å²) in [7, 11) is 1.70. The van der Waals surface area contributed by atoms with E-state index >= 15 is 0 Å². The molecule has 1 aliphatic rings. The Morgan fingerprint density at radius 2 is 1.28 bits per heavy atom. The molecule has 0 spiro atoms. The van der Waals surface area contributed by atoms with E-state index in [9.17, 15) is 9.59 Å². The highest BCUT2D eigenvalue weighted by molar-refractivity contribution is 5.86. The van der Waals surface area contributed by atoms with Gasteiger partial charge in [-0.1, -0.05) is 55.1 Å². The number of likely N-dealkylation sites (N-methyl/N-ethyl adjacent to an activating group) is 1. The Morgan fingerprint density at radius 1 is 0.778 bits per heavy atom. The second-order valence-electron chi connectivity index (χ2n) is 8.48. The third-order valence-corrected chi connectivity index (χ3v) is 5.77. The predicted octanol–water partition coefficient (Wildman–Crippen LogP) is 4.04. The fraction of sp³-hybridized carbons (Fsp3) is 0.429. The average Bonchev–Trinajstić information content (AvgIpc) is 3.21. The molecule has 36 heavy (non-hydrogen) atoms. The highest BCUT2D eigenvalue weighted by Gasteiger charge is 2.29. The zero-order valence-electron chi connectivity index (χ0n) is 21.1. The number of amides is 1. The number of rotatable bonds is 15. The van der Waals surface area contributed by atoms with Crippen LogP contribution in [0.4, 0.5) is 4.79 Å². The van der Waals surface area contributed by atoms with Gasteiger partial charge in [-0.2, -0.15) is 0 Å². The molecule has 0 unspecified atom stereocenters. The van der Waals surface area contributed by atoms with Crippen molar-refractivity contribution in [2.75, 3.05) is 66.4 Å². The fourth-order valence-electron chi connectivity index (χ4n) is 3.86. The van der Waals surface area contributed by atoms with Crippen molar-refractivity contribution in [2.24, 2.45) is 0 Å². The average molecular weight is 498 g/mol. The molecule has 0 atom stereocenters. The SMILES string of the molecule is C=C(C)C(=O)OCCOCCOCCOCCN(C)C(=O)OCC1c2ccccc2-c2ccccc21. The molecule has 8 heteroatoms. The Kier molecular flexibility index (Phi) is 10.9. The monoisotopic (exact) mass is 497 g/mol. The van der Waals surface area contributed by atoms with Gasteiger partial charge in [-0.05, 0) is 29.2 Å². The molecule has 0 fully saturated rings. The standard InChI is InChI=1S/C28H35NO7/c1-21(2)27(30)35-19-18-34-17-16-33-15-14-32-13-12-29(3)28(31)36-20-26-24-10-6-4-8-22(24)23-9-5-7-11-25(23)26/h4-11,26H,1,12-20H2,2-3H3. The van der Waals surface area contributed by atoms with Crippen LogP contribution in [0.2, 0.25) is 0 Å². The van der Waals surface area contributed by atoms with Crippen molar-refractivity contribution in [3.05, 3.63) is 71.8 Å². The van der Waals surface area contributed by atoms with Crippen molar-refractivity contribution in [2.45, 2.75) is 12.8 Å². The van der Waals surface area contributed by atoms with Gasteiger partial charge < -0.3 is 28.6 Å². The maximum Gasteiger partial charge on any atom is 0.409 e. The number of nitrogens with zero attached hydrogens (tertiary/aromatic N) is 1. The van der Waals surface area contributed by atoms with Crippen LogP contribution in [0.1, 0.15) is 24.0 Å². The molecule has 2 aromatic carbocycles. The van der Waals surface area contributed by atoms with Gasteiger partial charge in [0.25, 0.3) is 0 Å². The molecule has 0 saturated heterocycles. The lowest BCUT2D eigenvalue weighted by atomic mass is 9.98. The minimum atomic E-state index is -0.420. The molecule has 194 valence electrons. The third-order valence-electron chi connectivity index (χ3n) is 5.77. The van der Waals surface area contributed by atoms with E-state index in [0.717, 1.165) is 0 Å². The number of hydrogen-bond acceptors (Lipinski definition) is 7. The van der Waals surface area contributed by atoms with Crippen molar-refractivity contribution in [3.8, 4) is 11.1 Å². The summed E-state index contributed by atoms with van der Waals surface area (Å²) in [5, 5.41) is 0. The van der Waals surface area contributed by atoms with Crippen molar-refractivity contribution in [1.82, 2.24) is 4.90 Å². The Hall–Kier alpha value is -3.20. The van der Waals surface area contributed by atoms with Crippen LogP contribution in [-0.4, -0.2) is 83.4 Å². The molecule has 0 aliphatic heterocycles. The number of esters is 1. The number of carbonyl (C=O) groups excluding carboxylic acids is 2. The van der Waals surface area contributed by atoms with E-state index in [1.54, 1.807) is 14.0 Å². The zero-order valence-corrected chi connectivity index (χ0v) is 21.1. The summed E-state index contributed by atoms with van der Waals surface area (Å²) in [4.78, 5) is 25.2. The third kappa shape index (κ3) is 7.91. The molecule has 0 heterocycles. The van der Waals surface area contributed by atoms with Gasteiger partial charge in [0, 0.05) is 25.1 Å². The van der Waals surface area contributed by atoms with Crippen LogP contribution in [-0.2, 0) is 28.5 Å². The molecular formula is C28H35NO7. The normalized spacial score (nSPS) is 12.1. The van der Waals surface area contributed by atoms with Crippen molar-refractivity contribution in [1.29, 1.82) is 0 Å². The van der Waals surface area contributed by atoms with E-state index in [1.165, 1.54) is 27.2 Å². The molecular weight excluding hydrogens is 462 g/mol. The van der Waals surface area contributed by atoms with Crippen LogP contribution in [0.15, 0.2) is 60.7 Å². The number of benzene rings is 2. The van der Waals surface area contributed by atoms with E-state index in [1.807, 2.05) is 24.3 Å². The maximum absolute atomic E-state index is 12.5. The lowest BCUT2D eigenvalue weighted by Crippen LogP contribution is -2.32. The van der Waals surface area contributed by atoms with Gasteiger partial charge in [-0.25, -0.2) is 9.59 Å². The van der Waals surface area contributed by atoms with Crippen LogP contribution in [0.5, 0.6) is 0 Å². The first-order valence-electron chi connectivity index (χ1n) is 12.1. The quantitative estimate of drug-likeness (QED) is 0.209. The first-order chi connectivity index (χ1) is 17.5. The fourth-order valence-corrected chi connectivity index (χ4v) is 3.86. The highest BCUT2D eigenvalue weighted by Crippen LogP contribution is 2.44. The van der Waals surface area contributed by atoms with Gasteiger partial charge >= 0.3 is 12.1 Å². The van der Waals surface area contributed by atoms with Crippen molar-refractivity contribution < 1.29 is 33.3 Å². The molecule has 1 amide bonds. The maximum atomic E-state index is 12.5. The minimum Gasteiger partial charge on any atom is -0.460 e. The van der Waals surface area contributed by atoms with E-state index in [0.29, 0.717) is 58.4 Å². The summed E-state index contributed by atoms with van der Waals surface area (Å²) in [6.07, 6.45) is -0.372. The summed E-state index contributed by atoms with van der Waals surface area (Å²) in [6, 6.07) is 16.5. The van der Waals surface area contributed by atoms with Gasteiger partial charge in [-0.15, -0.1) is 0 Å². The van der Waals surface area contributed by atoms with Crippen molar-refractivity contribution >= 4 is 12.1 Å². The summed E-state index contributed by atoms with van der Waals surface area (Å²) in [5.74, 6) is -0.380. The summed E-state index contributed by atoms with van der Waals surface area (Å²) in [5.41, 5.74) is 5.15. The predicted molar refractivity (Wildman–Crippen MR) is 136 cm³/mol. The van der Waals surface area contributed by atoms with Gasteiger partial charge in [0.1, 0.15) is 13.2 Å². The first-order valence-corrected chi connectivity index (χ1v) is 12.1. The van der Waals surface area contributed by atoms with Crippen LogP contribution >= 0.6 is 0 Å². The van der Waals surface area contributed by atoms with Crippen LogP contribution in [0.3, 0.4) is 0 Å². The lowest BCUT2D eigenvalue weighted by Gasteiger charge is -2.19. The number of carbonyl (C=O) groups is 2. The van der Waals surface area contributed by atoms with Crippen LogP contribution in [0, 0.1) is 0 Å². The Labute approximate surface area is 212 Å². The minimum absolute atomic E-state index is 0.0403. The van der Waals surface area contributed by atoms with Gasteiger partial charge in [0.05, 0.1) is 39.6 Å². The van der Waals surface area contributed by atoms with E-state index in [-0.39, 0.29) is 18.6 Å². The molecule has 1 aliphatic carbocycles. The van der Waals surface area contributed by atoms with E-state index in [2.05, 4.69) is 30.8 Å². The number of ether oxygens (including phenoxy) is 5. The zero-order chi connectivity index (χ0) is 25.8. The number of fused-ring (bicyclic) bond motifs is 3. The molecule has 0 radical (unpaired) electrons. The highest BCUT2D eigenvalue weighted by atomic mass is 16.6. The van der Waals surface area contributed by atoms with Crippen molar-refractivity contribution in [3.63, 3.8) is 0 Å². The van der Waals surface area contributed by atoms with E-state index in [4.69, 9.17) is 23.7 Å². The largest absolute Gasteiger partial charge is 0.460 e. The summed E-state index contributed by atoms with van der Waals surface area (Å²) < 4.78 is 26.8. The molecule has 8 nitrogen and oxygen atoms in total. The van der Waals surface area contributed by atoms with Gasteiger partial charge in [-0.3, -0.25) is 0 Å².